The maximum absolute atomic E-state index is 11.5. The Labute approximate surface area is 271 Å². The van der Waals surface area contributed by atoms with Gasteiger partial charge in [-0.25, -0.2) is 16.8 Å². The molecular weight excluding hydrogens is 613 g/mol. The maximum Gasteiger partial charge on any atom is 2.00 e. The molecule has 6 aromatic carbocycles. The van der Waals surface area contributed by atoms with E-state index >= 15 is 0 Å². The van der Waals surface area contributed by atoms with Crippen LogP contribution in [0, 0.1) is 0 Å². The zero-order valence-electron chi connectivity index (χ0n) is 23.2. The molecule has 0 saturated carbocycles. The molecule has 9 nitrogen and oxygen atoms in total. The van der Waals surface area contributed by atoms with Gasteiger partial charge < -0.3 is 25.2 Å². The summed E-state index contributed by atoms with van der Waals surface area (Å²) in [5.74, 6) is 0. The van der Waals surface area contributed by atoms with Crippen molar-refractivity contribution in [2.45, 2.75) is 9.79 Å². The van der Waals surface area contributed by atoms with Crippen molar-refractivity contribution in [2.24, 2.45) is 0 Å². The van der Waals surface area contributed by atoms with Crippen LogP contribution in [-0.4, -0.2) is 54.5 Å². The summed E-state index contributed by atoms with van der Waals surface area (Å²) in [4.78, 5) is -0.418. The summed E-state index contributed by atoms with van der Waals surface area (Å²) < 4.78 is 68.8. The quantitative estimate of drug-likeness (QED) is 0.171. The SMILES string of the molecule is O.O=S(=O)([O-])c1cccc2cccc(Nc3ccccc3)c12.O=S(=O)([O-])c1cccc2cccc(Nc3ccccc3)c12.[Mg+2]. The van der Waals surface area contributed by atoms with Crippen LogP contribution in [0.2, 0.25) is 0 Å². The largest absolute Gasteiger partial charge is 2.00 e. The molecule has 12 heteroatoms. The second kappa shape index (κ2) is 14.6. The Morgan fingerprint density at radius 2 is 0.750 bits per heavy atom. The Kier molecular flexibility index (Phi) is 11.5. The molecule has 6 aromatic rings. The molecule has 0 bridgehead atoms. The van der Waals surface area contributed by atoms with Gasteiger partial charge in [-0.2, -0.15) is 0 Å². The van der Waals surface area contributed by atoms with Crippen molar-refractivity contribution in [1.29, 1.82) is 0 Å². The molecule has 0 spiro atoms. The predicted molar refractivity (Wildman–Crippen MR) is 173 cm³/mol. The number of nitrogens with one attached hydrogen (secondary N) is 2. The van der Waals surface area contributed by atoms with E-state index in [9.17, 15) is 25.9 Å². The van der Waals surface area contributed by atoms with Crippen LogP contribution in [0.1, 0.15) is 0 Å². The first-order valence-electron chi connectivity index (χ1n) is 12.7. The molecule has 0 aliphatic carbocycles. The molecule has 0 aliphatic rings. The molecule has 4 N–H and O–H groups in total. The summed E-state index contributed by atoms with van der Waals surface area (Å²) in [5, 5.41) is 8.55. The fraction of sp³-hybridized carbons (Fsp3) is 0. The van der Waals surface area contributed by atoms with E-state index in [1.165, 1.54) is 12.1 Å². The van der Waals surface area contributed by atoms with Crippen LogP contribution in [0.15, 0.2) is 143 Å². The average Bonchev–Trinajstić information content (AvgIpc) is 2.97. The topological polar surface area (TPSA) is 170 Å². The molecule has 6 rings (SSSR count). The van der Waals surface area contributed by atoms with Crippen molar-refractivity contribution < 1.29 is 31.4 Å². The van der Waals surface area contributed by atoms with Crippen LogP contribution in [0.4, 0.5) is 22.7 Å². The molecule has 220 valence electrons. The van der Waals surface area contributed by atoms with Crippen molar-refractivity contribution in [3.63, 3.8) is 0 Å². The third-order valence-electron chi connectivity index (χ3n) is 6.38. The molecule has 0 atom stereocenters. The van der Waals surface area contributed by atoms with Crippen LogP contribution >= 0.6 is 0 Å². The molecule has 0 radical (unpaired) electrons. The number of hydrogen-bond donors (Lipinski definition) is 2. The first-order valence-corrected chi connectivity index (χ1v) is 15.5. The van der Waals surface area contributed by atoms with Gasteiger partial charge in [0.25, 0.3) is 0 Å². The Bertz CT molecular complexity index is 1930. The first kappa shape index (κ1) is 34.5. The number of fused-ring (bicyclic) bond motifs is 2. The van der Waals surface area contributed by atoms with Crippen molar-refractivity contribution in [2.75, 3.05) is 10.6 Å². The molecule has 0 amide bonds. The van der Waals surface area contributed by atoms with E-state index in [4.69, 9.17) is 0 Å². The van der Waals surface area contributed by atoms with Gasteiger partial charge in [-0.15, -0.1) is 0 Å². The zero-order chi connectivity index (χ0) is 29.7. The molecule has 0 aromatic heterocycles. The minimum atomic E-state index is -4.53. The minimum Gasteiger partial charge on any atom is -0.744 e. The van der Waals surface area contributed by atoms with Crippen molar-refractivity contribution in [1.82, 2.24) is 0 Å². The third kappa shape index (κ3) is 8.12. The van der Waals surface area contributed by atoms with Crippen LogP contribution < -0.4 is 10.6 Å². The number of hydrogen-bond acceptors (Lipinski definition) is 8. The minimum absolute atomic E-state index is 0. The maximum atomic E-state index is 11.5. The van der Waals surface area contributed by atoms with Crippen molar-refractivity contribution >= 4 is 87.6 Å². The summed E-state index contributed by atoms with van der Waals surface area (Å²) in [7, 11) is -9.07. The monoisotopic (exact) mass is 638 g/mol. The molecule has 0 fully saturated rings. The van der Waals surface area contributed by atoms with Crippen LogP contribution in [0.5, 0.6) is 0 Å². The first-order chi connectivity index (χ1) is 20.1. The predicted octanol–water partition coefficient (Wildman–Crippen LogP) is 5.77. The molecular formula is C32H26MgN2O7S2. The smallest absolute Gasteiger partial charge is 0.744 e. The van der Waals surface area contributed by atoms with E-state index in [2.05, 4.69) is 10.6 Å². The van der Waals surface area contributed by atoms with Crippen molar-refractivity contribution in [3.05, 3.63) is 133 Å². The zero-order valence-corrected chi connectivity index (χ0v) is 26.2. The van der Waals surface area contributed by atoms with Gasteiger partial charge in [-0.3, -0.25) is 0 Å². The summed E-state index contributed by atoms with van der Waals surface area (Å²) in [6.07, 6.45) is 0. The Morgan fingerprint density at radius 3 is 1.07 bits per heavy atom. The standard InChI is InChI=1S/2C16H13NO3S.Mg.H2O/c2*18-21(19,20)15-11-5-7-12-6-4-10-14(16(12)15)17-13-8-2-1-3-9-13;;/h2*1-11,17H,(H,18,19,20);;1H2/q;;+2;/p-2. The van der Waals surface area contributed by atoms with E-state index in [0.29, 0.717) is 32.9 Å². The average molecular weight is 639 g/mol. The van der Waals surface area contributed by atoms with Crippen LogP contribution in [0.3, 0.4) is 0 Å². The second-order valence-corrected chi connectivity index (χ2v) is 11.9. The molecule has 44 heavy (non-hydrogen) atoms. The number of benzene rings is 6. The number of para-hydroxylation sites is 2. The second-order valence-electron chi connectivity index (χ2n) is 9.21. The van der Waals surface area contributed by atoms with Gasteiger partial charge in [0.15, 0.2) is 0 Å². The summed E-state index contributed by atoms with van der Waals surface area (Å²) in [6.45, 7) is 0. The molecule has 0 unspecified atom stereocenters. The van der Waals surface area contributed by atoms with Gasteiger partial charge in [0.2, 0.25) is 0 Å². The Morgan fingerprint density at radius 1 is 0.432 bits per heavy atom. The van der Waals surface area contributed by atoms with Gasteiger partial charge in [-0.05, 0) is 59.3 Å². The van der Waals surface area contributed by atoms with Gasteiger partial charge in [0.1, 0.15) is 20.2 Å². The molecule has 0 aliphatic heterocycles. The van der Waals surface area contributed by atoms with E-state index in [-0.39, 0.29) is 38.3 Å². The van der Waals surface area contributed by atoms with Gasteiger partial charge in [-0.1, -0.05) is 84.9 Å². The Hall–Kier alpha value is -4.01. The molecule has 0 saturated heterocycles. The fourth-order valence-electron chi connectivity index (χ4n) is 4.59. The van der Waals surface area contributed by atoms with E-state index in [1.54, 1.807) is 48.5 Å². The summed E-state index contributed by atoms with van der Waals surface area (Å²) >= 11 is 0. The normalized spacial score (nSPS) is 11.0. The van der Waals surface area contributed by atoms with Crippen LogP contribution in [-0.2, 0) is 20.2 Å². The Balaban J connectivity index is 0.000000230. The molecule has 0 heterocycles. The van der Waals surface area contributed by atoms with Gasteiger partial charge in [0, 0.05) is 33.5 Å². The van der Waals surface area contributed by atoms with Crippen LogP contribution in [0.25, 0.3) is 21.5 Å². The van der Waals surface area contributed by atoms with Gasteiger partial charge >= 0.3 is 23.1 Å². The van der Waals surface area contributed by atoms with E-state index in [0.717, 1.165) is 11.4 Å². The number of rotatable bonds is 6. The summed E-state index contributed by atoms with van der Waals surface area (Å²) in [5.41, 5.74) is 2.83. The van der Waals surface area contributed by atoms with Crippen molar-refractivity contribution in [3.8, 4) is 0 Å². The van der Waals surface area contributed by atoms with E-state index in [1.807, 2.05) is 72.8 Å². The fourth-order valence-corrected chi connectivity index (χ4v) is 6.04. The third-order valence-corrected chi connectivity index (χ3v) is 8.13. The van der Waals surface area contributed by atoms with E-state index < -0.39 is 20.2 Å². The van der Waals surface area contributed by atoms with Gasteiger partial charge in [0.05, 0.1) is 9.79 Å². The number of anilines is 4. The summed E-state index contributed by atoms with van der Waals surface area (Å²) in [6, 6.07) is 38.8.